The molecule has 1 aromatic carbocycles. The van der Waals surface area contributed by atoms with Gasteiger partial charge in [-0.1, -0.05) is 6.92 Å². The van der Waals surface area contributed by atoms with Crippen molar-refractivity contribution in [2.75, 3.05) is 43.5 Å². The normalized spacial score (nSPS) is 24.9. The fourth-order valence-electron chi connectivity index (χ4n) is 3.05. The Bertz CT molecular complexity index is 576. The van der Waals surface area contributed by atoms with Crippen molar-refractivity contribution in [3.63, 3.8) is 0 Å². The van der Waals surface area contributed by atoms with E-state index in [0.29, 0.717) is 13.0 Å². The van der Waals surface area contributed by atoms with Crippen LogP contribution in [-0.2, 0) is 11.2 Å². The molecule has 0 spiro atoms. The predicted octanol–water partition coefficient (Wildman–Crippen LogP) is 1.96. The Kier molecular flexibility index (Phi) is 3.64. The van der Waals surface area contributed by atoms with E-state index in [1.807, 2.05) is 12.1 Å². The van der Waals surface area contributed by atoms with E-state index in [1.54, 1.807) is 0 Å². The van der Waals surface area contributed by atoms with Crippen LogP contribution >= 0.6 is 0 Å². The van der Waals surface area contributed by atoms with Crippen molar-refractivity contribution in [2.45, 2.75) is 19.8 Å². The fourth-order valence-corrected chi connectivity index (χ4v) is 3.05. The monoisotopic (exact) mass is 287 g/mol. The van der Waals surface area contributed by atoms with Crippen molar-refractivity contribution < 1.29 is 9.47 Å². The first-order chi connectivity index (χ1) is 10.1. The first kappa shape index (κ1) is 14.0. The number of morpholine rings is 1. The Morgan fingerprint density at radius 3 is 2.86 bits per heavy atom. The summed E-state index contributed by atoms with van der Waals surface area (Å²) in [4.78, 5) is 2.24. The van der Waals surface area contributed by atoms with E-state index in [0.717, 1.165) is 55.4 Å². The molecule has 2 aliphatic rings. The van der Waals surface area contributed by atoms with Crippen molar-refractivity contribution in [1.82, 2.24) is 0 Å². The number of nitrogen functional groups attached to an aromatic ring is 1. The fraction of sp³-hybridized carbons (Fsp3) is 0.562. The smallest absolute Gasteiger partial charge is 0.124 e. The van der Waals surface area contributed by atoms with E-state index in [4.69, 9.17) is 20.5 Å². The van der Waals surface area contributed by atoms with Crippen LogP contribution in [0.5, 0.6) is 5.75 Å². The molecule has 0 aromatic heterocycles. The molecule has 1 atom stereocenters. The van der Waals surface area contributed by atoms with Crippen LogP contribution in [0.3, 0.4) is 0 Å². The minimum atomic E-state index is -0.116. The van der Waals surface area contributed by atoms with Crippen molar-refractivity contribution in [3.8, 4) is 11.8 Å². The number of anilines is 2. The molecule has 2 N–H and O–H groups in total. The topological polar surface area (TPSA) is 71.5 Å². The molecule has 0 saturated carbocycles. The first-order valence-corrected chi connectivity index (χ1v) is 7.36. The molecule has 112 valence electrons. The average Bonchev–Trinajstić information content (AvgIpc) is 2.47. The molecule has 1 saturated heterocycles. The maximum Gasteiger partial charge on any atom is 0.124 e. The van der Waals surface area contributed by atoms with E-state index >= 15 is 0 Å². The number of hydrogen-bond acceptors (Lipinski definition) is 5. The van der Waals surface area contributed by atoms with Crippen LogP contribution in [-0.4, -0.2) is 32.9 Å². The van der Waals surface area contributed by atoms with Gasteiger partial charge in [0.15, 0.2) is 0 Å². The Labute approximate surface area is 125 Å². The van der Waals surface area contributed by atoms with Crippen molar-refractivity contribution in [2.24, 2.45) is 5.41 Å². The SMILES string of the molecule is CC1(CC#N)COc2cc(N3CCOCC3)c(N)cc2C1. The Balaban J connectivity index is 1.87. The van der Waals surface area contributed by atoms with Gasteiger partial charge in [0, 0.05) is 31.0 Å². The van der Waals surface area contributed by atoms with Gasteiger partial charge >= 0.3 is 0 Å². The van der Waals surface area contributed by atoms with Gasteiger partial charge in [-0.05, 0) is 18.1 Å². The second-order valence-electron chi connectivity index (χ2n) is 6.23. The maximum atomic E-state index is 8.95. The highest BCUT2D eigenvalue weighted by Gasteiger charge is 2.32. The molecule has 5 nitrogen and oxygen atoms in total. The lowest BCUT2D eigenvalue weighted by atomic mass is 9.80. The van der Waals surface area contributed by atoms with Crippen molar-refractivity contribution >= 4 is 11.4 Å². The number of rotatable bonds is 2. The van der Waals surface area contributed by atoms with Crippen molar-refractivity contribution in [1.29, 1.82) is 5.26 Å². The first-order valence-electron chi connectivity index (χ1n) is 7.36. The van der Waals surface area contributed by atoms with Crippen LogP contribution in [0.15, 0.2) is 12.1 Å². The number of benzene rings is 1. The highest BCUT2D eigenvalue weighted by molar-refractivity contribution is 5.72. The standard InChI is InChI=1S/C16H21N3O2/c1-16(2-3-17)10-12-8-13(18)14(9-15(12)21-11-16)19-4-6-20-7-5-19/h8-9H,2,4-7,10-11,18H2,1H3. The van der Waals surface area contributed by atoms with Gasteiger partial charge in [-0.2, -0.15) is 5.26 Å². The van der Waals surface area contributed by atoms with Gasteiger partial charge in [-0.25, -0.2) is 0 Å². The molecule has 0 bridgehead atoms. The Hall–Kier alpha value is -1.93. The van der Waals surface area contributed by atoms with Crippen LogP contribution < -0.4 is 15.4 Å². The second kappa shape index (κ2) is 5.45. The van der Waals surface area contributed by atoms with Gasteiger partial charge < -0.3 is 20.1 Å². The third-order valence-electron chi connectivity index (χ3n) is 4.26. The molecule has 0 radical (unpaired) electrons. The molecule has 1 fully saturated rings. The zero-order valence-corrected chi connectivity index (χ0v) is 12.4. The summed E-state index contributed by atoms with van der Waals surface area (Å²) in [7, 11) is 0. The van der Waals surface area contributed by atoms with Crippen LogP contribution in [0, 0.1) is 16.7 Å². The summed E-state index contributed by atoms with van der Waals surface area (Å²) in [5, 5.41) is 8.95. The van der Waals surface area contributed by atoms with E-state index in [2.05, 4.69) is 17.9 Å². The van der Waals surface area contributed by atoms with Crippen LogP contribution in [0.2, 0.25) is 0 Å². The molecule has 0 aliphatic carbocycles. The van der Waals surface area contributed by atoms with Crippen LogP contribution in [0.25, 0.3) is 0 Å². The molecule has 5 heteroatoms. The van der Waals surface area contributed by atoms with Gasteiger partial charge in [-0.15, -0.1) is 0 Å². The van der Waals surface area contributed by atoms with Crippen LogP contribution in [0.1, 0.15) is 18.9 Å². The lowest BCUT2D eigenvalue weighted by molar-refractivity contribution is 0.122. The van der Waals surface area contributed by atoms with Gasteiger partial charge in [0.25, 0.3) is 0 Å². The zero-order valence-electron chi connectivity index (χ0n) is 12.4. The summed E-state index contributed by atoms with van der Waals surface area (Å²) in [6.45, 7) is 5.85. The highest BCUT2D eigenvalue weighted by atomic mass is 16.5. The van der Waals surface area contributed by atoms with Crippen LogP contribution in [0.4, 0.5) is 11.4 Å². The molecule has 21 heavy (non-hydrogen) atoms. The number of nitrogens with zero attached hydrogens (tertiary/aromatic N) is 2. The lowest BCUT2D eigenvalue weighted by Crippen LogP contribution is -2.37. The van der Waals surface area contributed by atoms with Gasteiger partial charge in [0.2, 0.25) is 0 Å². The van der Waals surface area contributed by atoms with E-state index in [9.17, 15) is 0 Å². The summed E-state index contributed by atoms with van der Waals surface area (Å²) in [6.07, 6.45) is 1.33. The molecule has 2 heterocycles. The van der Waals surface area contributed by atoms with E-state index < -0.39 is 0 Å². The molecular formula is C16H21N3O2. The lowest BCUT2D eigenvalue weighted by Gasteiger charge is -2.35. The van der Waals surface area contributed by atoms with E-state index in [1.165, 1.54) is 0 Å². The number of nitriles is 1. The minimum Gasteiger partial charge on any atom is -0.493 e. The third kappa shape index (κ3) is 2.77. The molecule has 1 aromatic rings. The molecule has 2 aliphatic heterocycles. The maximum absolute atomic E-state index is 8.95. The Morgan fingerprint density at radius 1 is 1.38 bits per heavy atom. The summed E-state index contributed by atoms with van der Waals surface area (Å²) < 4.78 is 11.3. The second-order valence-corrected chi connectivity index (χ2v) is 6.23. The number of nitrogens with two attached hydrogens (primary N) is 1. The Morgan fingerprint density at radius 2 is 2.14 bits per heavy atom. The summed E-state index contributed by atoms with van der Waals surface area (Å²) >= 11 is 0. The summed E-state index contributed by atoms with van der Waals surface area (Å²) in [5.74, 6) is 0.904. The average molecular weight is 287 g/mol. The highest BCUT2D eigenvalue weighted by Crippen LogP contribution is 2.41. The predicted molar refractivity (Wildman–Crippen MR) is 81.4 cm³/mol. The third-order valence-corrected chi connectivity index (χ3v) is 4.26. The van der Waals surface area contributed by atoms with Gasteiger partial charge in [0.1, 0.15) is 5.75 Å². The number of fused-ring (bicyclic) bond motifs is 1. The van der Waals surface area contributed by atoms with Gasteiger partial charge in [0.05, 0.1) is 37.3 Å². The molecule has 1 unspecified atom stereocenters. The number of hydrogen-bond donors (Lipinski definition) is 1. The van der Waals surface area contributed by atoms with Gasteiger partial charge in [-0.3, -0.25) is 0 Å². The quantitative estimate of drug-likeness (QED) is 0.842. The molecular weight excluding hydrogens is 266 g/mol. The largest absolute Gasteiger partial charge is 0.493 e. The van der Waals surface area contributed by atoms with E-state index in [-0.39, 0.29) is 5.41 Å². The van der Waals surface area contributed by atoms with Crippen molar-refractivity contribution in [3.05, 3.63) is 17.7 Å². The molecule has 0 amide bonds. The molecule has 3 rings (SSSR count). The number of ether oxygens (including phenoxy) is 2. The summed E-state index contributed by atoms with van der Waals surface area (Å²) in [6, 6.07) is 6.31. The zero-order chi connectivity index (χ0) is 14.9. The summed E-state index contributed by atoms with van der Waals surface area (Å²) in [5.41, 5.74) is 9.03. The minimum absolute atomic E-state index is 0.116.